The summed E-state index contributed by atoms with van der Waals surface area (Å²) in [6.07, 6.45) is 4.95. The Morgan fingerprint density at radius 1 is 1.47 bits per heavy atom. The lowest BCUT2D eigenvalue weighted by Crippen LogP contribution is -2.67. The predicted octanol–water partition coefficient (Wildman–Crippen LogP) is -0.303. The number of carbonyl (C=O) groups is 1. The summed E-state index contributed by atoms with van der Waals surface area (Å²) in [5.74, 6) is -0.965. The first-order valence-electron chi connectivity index (χ1n) is 5.18. The summed E-state index contributed by atoms with van der Waals surface area (Å²) in [6.45, 7) is 2.64. The van der Waals surface area contributed by atoms with Gasteiger partial charge in [-0.15, -0.1) is 0 Å². The molecule has 3 atom stereocenters. The number of amidine groups is 1. The summed E-state index contributed by atoms with van der Waals surface area (Å²) < 4.78 is 0. The van der Waals surface area contributed by atoms with Crippen molar-refractivity contribution in [3.8, 4) is 0 Å². The number of nitrogens with zero attached hydrogens (tertiary/aromatic N) is 2. The van der Waals surface area contributed by atoms with Crippen molar-refractivity contribution in [3.63, 3.8) is 0 Å². The molecule has 0 bridgehead atoms. The number of aliphatic carboxylic acids is 1. The maximum absolute atomic E-state index is 11.2. The third-order valence-corrected chi connectivity index (χ3v) is 3.16. The van der Waals surface area contributed by atoms with E-state index in [2.05, 4.69) is 4.99 Å². The molecule has 6 heteroatoms. The molecule has 0 aromatic rings. The Hall–Kier alpha value is -1.66. The number of rotatable bonds is 1. The van der Waals surface area contributed by atoms with Gasteiger partial charge in [0.25, 0.3) is 0 Å². The van der Waals surface area contributed by atoms with E-state index in [4.69, 9.17) is 5.11 Å². The van der Waals surface area contributed by atoms with E-state index in [0.29, 0.717) is 5.84 Å². The highest BCUT2D eigenvalue weighted by atomic mass is 16.4. The van der Waals surface area contributed by atoms with Crippen LogP contribution >= 0.6 is 0 Å². The van der Waals surface area contributed by atoms with Crippen molar-refractivity contribution in [2.45, 2.75) is 31.2 Å². The molecule has 0 aromatic heterocycles. The highest BCUT2D eigenvalue weighted by Gasteiger charge is 2.56. The molecule has 0 amide bonds. The number of aliphatic hydroxyl groups excluding tert-OH is 1. The number of aliphatic imine (C=N–C) groups is 1. The second-order valence-corrected chi connectivity index (χ2v) is 4.49. The molecule has 0 spiro atoms. The molecule has 0 aliphatic carbocycles. The van der Waals surface area contributed by atoms with Gasteiger partial charge in [-0.25, -0.2) is 9.79 Å². The van der Waals surface area contributed by atoms with Gasteiger partial charge in [0.1, 0.15) is 11.9 Å². The molecule has 0 radical (unpaired) electrons. The Morgan fingerprint density at radius 3 is 2.71 bits per heavy atom. The van der Waals surface area contributed by atoms with Crippen LogP contribution in [0.3, 0.4) is 0 Å². The second kappa shape index (κ2) is 3.41. The van der Waals surface area contributed by atoms with E-state index in [1.165, 1.54) is 18.7 Å². The summed E-state index contributed by atoms with van der Waals surface area (Å²) >= 11 is 0. The van der Waals surface area contributed by atoms with E-state index in [9.17, 15) is 15.0 Å². The van der Waals surface area contributed by atoms with Crippen LogP contribution < -0.4 is 0 Å². The molecule has 0 saturated heterocycles. The van der Waals surface area contributed by atoms with Crippen LogP contribution in [0.1, 0.15) is 13.8 Å². The van der Waals surface area contributed by atoms with Crippen LogP contribution in [0.5, 0.6) is 0 Å². The minimum Gasteiger partial charge on any atom is -0.479 e. The second-order valence-electron chi connectivity index (χ2n) is 4.49. The maximum Gasteiger partial charge on any atom is 0.334 e. The Bertz CT molecular complexity index is 452. The van der Waals surface area contributed by atoms with Crippen molar-refractivity contribution in [3.05, 3.63) is 24.4 Å². The quantitative estimate of drug-likeness (QED) is 0.583. The van der Waals surface area contributed by atoms with Gasteiger partial charge in [0.05, 0.1) is 0 Å². The van der Waals surface area contributed by atoms with Gasteiger partial charge in [0.2, 0.25) is 0 Å². The normalized spacial score (nSPS) is 39.9. The minimum atomic E-state index is -1.76. The molecule has 0 aromatic carbocycles. The van der Waals surface area contributed by atoms with Gasteiger partial charge in [-0.2, -0.15) is 0 Å². The fourth-order valence-corrected chi connectivity index (χ4v) is 2.04. The Balaban J connectivity index is 2.59. The van der Waals surface area contributed by atoms with E-state index < -0.39 is 23.3 Å². The average Bonchev–Trinajstić information content (AvgIpc) is 2.26. The lowest BCUT2D eigenvalue weighted by molar-refractivity contribution is -0.177. The van der Waals surface area contributed by atoms with Gasteiger partial charge in [0.15, 0.2) is 11.3 Å². The third kappa shape index (κ3) is 1.49. The van der Waals surface area contributed by atoms with Gasteiger partial charge < -0.3 is 20.2 Å². The first-order chi connectivity index (χ1) is 7.80. The summed E-state index contributed by atoms with van der Waals surface area (Å²) in [4.78, 5) is 16.6. The zero-order valence-electron chi connectivity index (χ0n) is 9.53. The molecule has 17 heavy (non-hydrogen) atoms. The van der Waals surface area contributed by atoms with Crippen molar-refractivity contribution in [2.75, 3.05) is 0 Å². The first kappa shape index (κ1) is 11.8. The fraction of sp³-hybridized carbons (Fsp3) is 0.455. The van der Waals surface area contributed by atoms with Gasteiger partial charge in [0, 0.05) is 6.20 Å². The number of carboxylic acids is 1. The molecule has 6 nitrogen and oxygen atoms in total. The topological polar surface area (TPSA) is 93.4 Å². The average molecular weight is 238 g/mol. The number of aliphatic hydroxyl groups is 2. The highest BCUT2D eigenvalue weighted by Crippen LogP contribution is 2.34. The fourth-order valence-electron chi connectivity index (χ4n) is 2.04. The monoisotopic (exact) mass is 238 g/mol. The maximum atomic E-state index is 11.2. The van der Waals surface area contributed by atoms with E-state index in [1.807, 2.05) is 0 Å². The van der Waals surface area contributed by atoms with Crippen LogP contribution in [0.2, 0.25) is 0 Å². The lowest BCUT2D eigenvalue weighted by atomic mass is 9.85. The van der Waals surface area contributed by atoms with Crippen LogP contribution in [-0.4, -0.2) is 49.4 Å². The molecule has 0 saturated carbocycles. The largest absolute Gasteiger partial charge is 0.479 e. The minimum absolute atomic E-state index is 0.313. The van der Waals surface area contributed by atoms with E-state index in [-0.39, 0.29) is 0 Å². The molecule has 2 rings (SSSR count). The molecular weight excluding hydrogens is 224 g/mol. The van der Waals surface area contributed by atoms with E-state index >= 15 is 0 Å². The van der Waals surface area contributed by atoms with E-state index in [0.717, 1.165) is 0 Å². The summed E-state index contributed by atoms with van der Waals surface area (Å²) in [6, 6.07) is 0. The number of hydrogen-bond acceptors (Lipinski definition) is 5. The van der Waals surface area contributed by atoms with Crippen molar-refractivity contribution in [1.82, 2.24) is 4.90 Å². The van der Waals surface area contributed by atoms with Crippen molar-refractivity contribution in [2.24, 2.45) is 4.99 Å². The lowest BCUT2D eigenvalue weighted by Gasteiger charge is -2.48. The van der Waals surface area contributed by atoms with Crippen molar-refractivity contribution in [1.29, 1.82) is 0 Å². The van der Waals surface area contributed by atoms with Gasteiger partial charge in [-0.05, 0) is 26.0 Å². The van der Waals surface area contributed by atoms with Gasteiger partial charge >= 0.3 is 5.97 Å². The molecule has 2 aliphatic heterocycles. The number of carboxylic acid groups (broad SMARTS) is 1. The van der Waals surface area contributed by atoms with Crippen molar-refractivity contribution < 1.29 is 20.1 Å². The smallest absolute Gasteiger partial charge is 0.334 e. The zero-order chi connectivity index (χ0) is 12.8. The highest BCUT2D eigenvalue weighted by molar-refractivity contribution is 5.99. The van der Waals surface area contributed by atoms with Crippen LogP contribution in [0.4, 0.5) is 0 Å². The summed E-state index contributed by atoms with van der Waals surface area (Å²) in [5.41, 5.74) is -3.48. The van der Waals surface area contributed by atoms with Crippen molar-refractivity contribution >= 4 is 11.8 Å². The zero-order valence-corrected chi connectivity index (χ0v) is 9.53. The molecule has 92 valence electrons. The van der Waals surface area contributed by atoms with Crippen LogP contribution in [0.15, 0.2) is 29.4 Å². The molecule has 0 fully saturated rings. The number of fused-ring (bicyclic) bond motifs is 1. The molecular formula is C11H14N2O4. The molecule has 2 aliphatic rings. The van der Waals surface area contributed by atoms with Crippen LogP contribution in [0, 0.1) is 0 Å². The molecule has 3 N–H and O–H groups in total. The molecule has 1 unspecified atom stereocenters. The Labute approximate surface area is 98.2 Å². The number of allylic oxidation sites excluding steroid dienone is 2. The predicted molar refractivity (Wildman–Crippen MR) is 60.2 cm³/mol. The summed E-state index contributed by atoms with van der Waals surface area (Å²) in [5, 5.41) is 29.4. The summed E-state index contributed by atoms with van der Waals surface area (Å²) in [7, 11) is 0. The Kier molecular flexibility index (Phi) is 2.37. The van der Waals surface area contributed by atoms with E-state index in [1.54, 1.807) is 24.4 Å². The van der Waals surface area contributed by atoms with Gasteiger partial charge in [-0.1, -0.05) is 6.08 Å². The van der Waals surface area contributed by atoms with Gasteiger partial charge in [-0.3, -0.25) is 0 Å². The van der Waals surface area contributed by atoms with Crippen LogP contribution in [-0.2, 0) is 4.79 Å². The Morgan fingerprint density at radius 2 is 2.12 bits per heavy atom. The number of hydrogen-bond donors (Lipinski definition) is 3. The third-order valence-electron chi connectivity index (χ3n) is 3.16. The molecule has 2 heterocycles. The SMILES string of the molecule is C[C@]1(C(=O)O)N=C2C=CC=CN2[C@](C)(O)C1O. The standard InChI is InChI=1S/C11H14N2O4/c1-10(9(15)16)8(14)11(2,17)13-6-4-3-5-7(13)12-10/h3-6,8,14,17H,1-2H3,(H,15,16)/t8?,10-,11+/m0/s1. The first-order valence-corrected chi connectivity index (χ1v) is 5.18. The van der Waals surface area contributed by atoms with Crippen LogP contribution in [0.25, 0.3) is 0 Å².